The molecule has 4 N–H and O–H groups in total. The molecule has 0 radical (unpaired) electrons. The zero-order chi connectivity index (χ0) is 27.4. The average molecular weight is 521 g/mol. The van der Waals surface area contributed by atoms with E-state index in [-0.39, 0.29) is 31.2 Å². The van der Waals surface area contributed by atoms with Gasteiger partial charge in [-0.25, -0.2) is 0 Å². The van der Waals surface area contributed by atoms with Crippen LogP contribution in [0.4, 0.5) is 5.69 Å². The van der Waals surface area contributed by atoms with Gasteiger partial charge in [-0.1, -0.05) is 23.8 Å². The maximum atomic E-state index is 14.0. The molecule has 4 amide bonds. The van der Waals surface area contributed by atoms with Crippen molar-refractivity contribution in [1.82, 2.24) is 10.2 Å². The van der Waals surface area contributed by atoms with Crippen LogP contribution in [-0.4, -0.2) is 55.3 Å². The Labute approximate surface area is 220 Å². The zero-order valence-electron chi connectivity index (χ0n) is 21.9. The average Bonchev–Trinajstić information content (AvgIpc) is 3.46. The Kier molecular flexibility index (Phi) is 6.38. The number of nitrogens with one attached hydrogen (secondary N) is 2. The maximum absolute atomic E-state index is 14.0. The van der Waals surface area contributed by atoms with Crippen molar-refractivity contribution >= 4 is 29.3 Å². The van der Waals surface area contributed by atoms with E-state index in [1.54, 1.807) is 20.3 Å². The van der Waals surface area contributed by atoms with E-state index in [1.165, 1.54) is 4.90 Å². The summed E-state index contributed by atoms with van der Waals surface area (Å²) in [6.45, 7) is 3.98. The highest BCUT2D eigenvalue weighted by Gasteiger charge is 2.70. The lowest BCUT2D eigenvalue weighted by atomic mass is 9.75. The minimum absolute atomic E-state index is 0.0331. The van der Waals surface area contributed by atoms with Gasteiger partial charge in [0.15, 0.2) is 11.5 Å². The second kappa shape index (κ2) is 9.43. The molecule has 1 spiro atoms. The molecule has 10 nitrogen and oxygen atoms in total. The molecule has 0 bridgehead atoms. The summed E-state index contributed by atoms with van der Waals surface area (Å²) < 4.78 is 10.7. The number of nitrogens with zero attached hydrogens (tertiary/aromatic N) is 1. The molecule has 2 fully saturated rings. The molecule has 2 aromatic rings. The fourth-order valence-electron chi connectivity index (χ4n) is 6.36. The molecule has 3 heterocycles. The Bertz CT molecular complexity index is 1360. The molecule has 2 aromatic carbocycles. The summed E-state index contributed by atoms with van der Waals surface area (Å²) in [6.07, 6.45) is 0.685. The summed E-state index contributed by atoms with van der Waals surface area (Å²) >= 11 is 0. The molecule has 38 heavy (non-hydrogen) atoms. The third kappa shape index (κ3) is 3.82. The summed E-state index contributed by atoms with van der Waals surface area (Å²) in [5, 5.41) is 6.30. The smallest absolute Gasteiger partial charge is 0.250 e. The van der Waals surface area contributed by atoms with Gasteiger partial charge in [-0.3, -0.25) is 29.4 Å². The Balaban J connectivity index is 1.50. The van der Waals surface area contributed by atoms with Gasteiger partial charge in [0.05, 0.1) is 26.1 Å². The number of carbonyl (C=O) groups is 4. The predicted molar refractivity (Wildman–Crippen MR) is 139 cm³/mol. The van der Waals surface area contributed by atoms with E-state index in [1.807, 2.05) is 38.1 Å². The Morgan fingerprint density at radius 2 is 1.79 bits per heavy atom. The van der Waals surface area contributed by atoms with E-state index in [9.17, 15) is 19.2 Å². The van der Waals surface area contributed by atoms with E-state index >= 15 is 0 Å². The number of rotatable bonds is 8. The molecule has 0 saturated carbocycles. The van der Waals surface area contributed by atoms with Crippen LogP contribution in [0.5, 0.6) is 11.5 Å². The van der Waals surface area contributed by atoms with Crippen LogP contribution >= 0.6 is 0 Å². The van der Waals surface area contributed by atoms with E-state index < -0.39 is 35.2 Å². The lowest BCUT2D eigenvalue weighted by Gasteiger charge is -2.30. The highest BCUT2D eigenvalue weighted by atomic mass is 16.5. The second-order valence-electron chi connectivity index (χ2n) is 10.3. The Morgan fingerprint density at radius 1 is 1.05 bits per heavy atom. The van der Waals surface area contributed by atoms with Crippen molar-refractivity contribution in [2.45, 2.75) is 44.7 Å². The van der Waals surface area contributed by atoms with Gasteiger partial charge in [0.2, 0.25) is 23.6 Å². The number of imide groups is 1. The minimum Gasteiger partial charge on any atom is -0.493 e. The summed E-state index contributed by atoms with van der Waals surface area (Å²) in [4.78, 5) is 54.2. The number of methoxy groups -OCH3 is 2. The largest absolute Gasteiger partial charge is 0.493 e. The number of likely N-dealkylation sites (tertiary alicyclic amines) is 1. The van der Waals surface area contributed by atoms with Gasteiger partial charge < -0.3 is 20.5 Å². The molecule has 10 heteroatoms. The number of ether oxygens (including phenoxy) is 2. The number of amides is 4. The van der Waals surface area contributed by atoms with Crippen LogP contribution in [0, 0.1) is 25.7 Å². The first-order chi connectivity index (χ1) is 18.1. The molecule has 0 aromatic heterocycles. The van der Waals surface area contributed by atoms with Crippen LogP contribution in [0.25, 0.3) is 0 Å². The van der Waals surface area contributed by atoms with Crippen molar-refractivity contribution in [3.8, 4) is 11.5 Å². The van der Waals surface area contributed by atoms with E-state index in [4.69, 9.17) is 15.2 Å². The summed E-state index contributed by atoms with van der Waals surface area (Å²) in [6, 6.07) is 8.75. The second-order valence-corrected chi connectivity index (χ2v) is 10.3. The van der Waals surface area contributed by atoms with Gasteiger partial charge in [0.25, 0.3) is 0 Å². The number of hydrogen-bond donors (Lipinski definition) is 3. The molecule has 5 rings (SSSR count). The molecule has 2 unspecified atom stereocenters. The lowest BCUT2D eigenvalue weighted by Crippen LogP contribution is -2.53. The first-order valence-corrected chi connectivity index (χ1v) is 12.7. The van der Waals surface area contributed by atoms with Crippen LogP contribution in [0.2, 0.25) is 0 Å². The molecular formula is C28H32N4O6. The predicted octanol–water partition coefficient (Wildman–Crippen LogP) is 1.55. The van der Waals surface area contributed by atoms with Crippen molar-refractivity contribution < 1.29 is 28.7 Å². The van der Waals surface area contributed by atoms with Gasteiger partial charge in [0, 0.05) is 30.3 Å². The van der Waals surface area contributed by atoms with Gasteiger partial charge in [0.1, 0.15) is 5.54 Å². The first kappa shape index (κ1) is 25.7. The van der Waals surface area contributed by atoms with Crippen molar-refractivity contribution in [3.63, 3.8) is 0 Å². The quantitative estimate of drug-likeness (QED) is 0.449. The molecule has 3 aliphatic heterocycles. The minimum atomic E-state index is -1.40. The summed E-state index contributed by atoms with van der Waals surface area (Å²) in [7, 11) is 3.10. The van der Waals surface area contributed by atoms with Crippen LogP contribution in [0.3, 0.4) is 0 Å². The zero-order valence-corrected chi connectivity index (χ0v) is 21.9. The van der Waals surface area contributed by atoms with Gasteiger partial charge in [-0.15, -0.1) is 0 Å². The fourth-order valence-corrected chi connectivity index (χ4v) is 6.36. The maximum Gasteiger partial charge on any atom is 0.250 e. The molecule has 0 aliphatic carbocycles. The summed E-state index contributed by atoms with van der Waals surface area (Å²) in [5.74, 6) is -2.18. The number of anilines is 1. The number of fused-ring (bicyclic) bond motifs is 4. The normalized spacial score (nSPS) is 25.5. The summed E-state index contributed by atoms with van der Waals surface area (Å²) in [5.41, 5.74) is 8.03. The van der Waals surface area contributed by atoms with E-state index in [0.29, 0.717) is 29.2 Å². The van der Waals surface area contributed by atoms with Gasteiger partial charge in [-0.2, -0.15) is 0 Å². The van der Waals surface area contributed by atoms with Crippen LogP contribution in [0.15, 0.2) is 30.3 Å². The third-order valence-electron chi connectivity index (χ3n) is 8.03. The van der Waals surface area contributed by atoms with E-state index in [2.05, 4.69) is 10.6 Å². The monoisotopic (exact) mass is 520 g/mol. The number of aryl methyl sites for hydroxylation is 2. The Hall–Kier alpha value is -3.92. The van der Waals surface area contributed by atoms with Crippen LogP contribution < -0.4 is 25.8 Å². The molecule has 200 valence electrons. The number of hydrogen-bond acceptors (Lipinski definition) is 7. The van der Waals surface area contributed by atoms with Gasteiger partial charge >= 0.3 is 0 Å². The topological polar surface area (TPSA) is 140 Å². The number of carbonyl (C=O) groups excluding carboxylic acids is 4. The number of primary amides is 1. The number of benzene rings is 2. The third-order valence-corrected chi connectivity index (χ3v) is 8.03. The SMILES string of the molecule is COc1ccc(CCN2C(=O)[C@@H]3C(CCC(N)=O)NC4(C(=O)Nc5c(C)cc(C)cc54)[C@@H]3C2=O)cc1OC. The fraction of sp³-hybridized carbons (Fsp3) is 0.429. The van der Waals surface area contributed by atoms with Crippen molar-refractivity contribution in [2.24, 2.45) is 17.6 Å². The van der Waals surface area contributed by atoms with Crippen molar-refractivity contribution in [3.05, 3.63) is 52.6 Å². The highest BCUT2D eigenvalue weighted by molar-refractivity contribution is 6.15. The molecule has 2 saturated heterocycles. The molecular weight excluding hydrogens is 488 g/mol. The lowest BCUT2D eigenvalue weighted by molar-refractivity contribution is -0.142. The Morgan fingerprint density at radius 3 is 2.47 bits per heavy atom. The number of nitrogens with two attached hydrogens (primary N) is 1. The standard InChI is InChI=1S/C28H32N4O6/c1-14-11-15(2)24-17(12-14)28(27(36)30-24)23-22(18(31-28)6-8-21(29)33)25(34)32(26(23)35)10-9-16-5-7-19(37-3)20(13-16)38-4/h5,7,11-13,18,22-23,31H,6,8-10H2,1-4H3,(H2,29,33)(H,30,36)/t18?,22-,23+,28?/m1/s1. The van der Waals surface area contributed by atoms with Crippen LogP contribution in [0.1, 0.15) is 35.1 Å². The van der Waals surface area contributed by atoms with Crippen molar-refractivity contribution in [1.29, 1.82) is 0 Å². The molecule has 4 atom stereocenters. The van der Waals surface area contributed by atoms with Gasteiger partial charge in [-0.05, 0) is 49.9 Å². The molecule has 3 aliphatic rings. The van der Waals surface area contributed by atoms with E-state index in [0.717, 1.165) is 16.7 Å². The van der Waals surface area contributed by atoms with Crippen molar-refractivity contribution in [2.75, 3.05) is 26.1 Å². The highest BCUT2D eigenvalue weighted by Crippen LogP contribution is 2.54. The van der Waals surface area contributed by atoms with Crippen LogP contribution in [-0.2, 0) is 31.1 Å². The first-order valence-electron chi connectivity index (χ1n) is 12.7.